The van der Waals surface area contributed by atoms with Crippen molar-refractivity contribution in [2.24, 2.45) is 5.92 Å². The average Bonchev–Trinajstić information content (AvgIpc) is 3.33. The Hall–Kier alpha value is -2.49. The lowest BCUT2D eigenvalue weighted by molar-refractivity contribution is -0.00215. The number of aromatic nitrogens is 3. The highest BCUT2D eigenvalue weighted by molar-refractivity contribution is 7.88. The van der Waals surface area contributed by atoms with Crippen LogP contribution in [0.15, 0.2) is 54.9 Å². The van der Waals surface area contributed by atoms with E-state index >= 15 is 0 Å². The summed E-state index contributed by atoms with van der Waals surface area (Å²) < 4.78 is 35.2. The molecule has 2 aromatic heterocycles. The molecule has 3 heterocycles. The summed E-state index contributed by atoms with van der Waals surface area (Å²) in [6.45, 7) is 1.98. The van der Waals surface area contributed by atoms with Gasteiger partial charge in [0.1, 0.15) is 12.1 Å². The fraction of sp³-hybridized carbons (Fsp3) is 0.520. The summed E-state index contributed by atoms with van der Waals surface area (Å²) in [5.41, 5.74) is 2.22. The van der Waals surface area contributed by atoms with Crippen molar-refractivity contribution in [3.05, 3.63) is 60.4 Å². The fourth-order valence-electron chi connectivity index (χ4n) is 5.46. The van der Waals surface area contributed by atoms with Crippen LogP contribution in [-0.2, 0) is 14.8 Å². The number of hydrogen-bond acceptors (Lipinski definition) is 6. The molecule has 3 aromatic rings. The molecule has 1 aliphatic carbocycles. The Morgan fingerprint density at radius 1 is 1.03 bits per heavy atom. The molecule has 182 valence electrons. The smallest absolute Gasteiger partial charge is 0.208 e. The Morgan fingerprint density at radius 3 is 2.59 bits per heavy atom. The number of nitrogens with zero attached hydrogens (tertiary/aromatic N) is 4. The quantitative estimate of drug-likeness (QED) is 0.555. The van der Waals surface area contributed by atoms with Crippen molar-refractivity contribution in [2.75, 3.05) is 30.9 Å². The highest BCUT2D eigenvalue weighted by Crippen LogP contribution is 2.34. The number of benzene rings is 1. The maximum Gasteiger partial charge on any atom is 0.208 e. The van der Waals surface area contributed by atoms with Crippen molar-refractivity contribution in [3.8, 4) is 0 Å². The first-order valence-electron chi connectivity index (χ1n) is 12.1. The Balaban J connectivity index is 1.24. The molecule has 2 unspecified atom stereocenters. The van der Waals surface area contributed by atoms with Crippen molar-refractivity contribution in [1.29, 1.82) is 0 Å². The molecule has 1 aliphatic heterocycles. The number of rotatable bonds is 7. The summed E-state index contributed by atoms with van der Waals surface area (Å²) in [6, 6.07) is 16.5. The molecule has 8 nitrogen and oxygen atoms in total. The van der Waals surface area contributed by atoms with Gasteiger partial charge in [0.2, 0.25) is 10.0 Å². The van der Waals surface area contributed by atoms with Gasteiger partial charge in [0.25, 0.3) is 0 Å². The minimum atomic E-state index is -3.30. The fourth-order valence-corrected chi connectivity index (χ4v) is 6.32. The van der Waals surface area contributed by atoms with Gasteiger partial charge in [-0.25, -0.2) is 18.1 Å². The van der Waals surface area contributed by atoms with Crippen LogP contribution in [0, 0.1) is 5.92 Å². The number of sulfonamides is 1. The van der Waals surface area contributed by atoms with Gasteiger partial charge in [-0.1, -0.05) is 36.4 Å². The predicted molar refractivity (Wildman–Crippen MR) is 132 cm³/mol. The molecule has 1 saturated carbocycles. The van der Waals surface area contributed by atoms with Gasteiger partial charge < -0.3 is 9.64 Å². The van der Waals surface area contributed by atoms with E-state index in [2.05, 4.69) is 50.0 Å². The number of fused-ring (bicyclic) bond motifs is 1. The molecule has 5 rings (SSSR count). The molecule has 1 aromatic carbocycles. The van der Waals surface area contributed by atoms with Crippen LogP contribution in [-0.4, -0.2) is 61.1 Å². The van der Waals surface area contributed by atoms with E-state index in [9.17, 15) is 8.42 Å². The molecule has 1 saturated heterocycles. The first-order valence-corrected chi connectivity index (χ1v) is 14.0. The van der Waals surface area contributed by atoms with E-state index in [1.165, 1.54) is 11.8 Å². The zero-order chi connectivity index (χ0) is 23.5. The second-order valence-electron chi connectivity index (χ2n) is 9.62. The number of anilines is 1. The van der Waals surface area contributed by atoms with E-state index in [0.717, 1.165) is 43.7 Å². The SMILES string of the molecule is CS(=O)(=O)NC1CCN(c2cccc3ncnn23)CC1COC1CCC(c2ccccc2)CC1. The molecule has 9 heteroatoms. The van der Waals surface area contributed by atoms with Crippen LogP contribution >= 0.6 is 0 Å². The molecule has 34 heavy (non-hydrogen) atoms. The largest absolute Gasteiger partial charge is 0.378 e. The summed E-state index contributed by atoms with van der Waals surface area (Å²) in [7, 11) is -3.30. The molecular weight excluding hydrogens is 450 g/mol. The van der Waals surface area contributed by atoms with Gasteiger partial charge in [0, 0.05) is 25.0 Å². The minimum absolute atomic E-state index is 0.0501. The molecule has 2 fully saturated rings. The molecule has 0 amide bonds. The predicted octanol–water partition coefficient (Wildman–Crippen LogP) is 3.22. The second-order valence-corrected chi connectivity index (χ2v) is 11.4. The normalized spacial score (nSPS) is 26.1. The average molecular weight is 484 g/mol. The van der Waals surface area contributed by atoms with E-state index in [4.69, 9.17) is 4.74 Å². The van der Waals surface area contributed by atoms with Crippen LogP contribution in [0.1, 0.15) is 43.6 Å². The maximum atomic E-state index is 12.0. The molecule has 0 radical (unpaired) electrons. The van der Waals surface area contributed by atoms with Crippen molar-refractivity contribution in [3.63, 3.8) is 0 Å². The minimum Gasteiger partial charge on any atom is -0.378 e. The number of piperidine rings is 1. The molecule has 2 atom stereocenters. The number of nitrogens with one attached hydrogen (secondary N) is 1. The van der Waals surface area contributed by atoms with Gasteiger partial charge in [-0.2, -0.15) is 9.61 Å². The van der Waals surface area contributed by atoms with E-state index in [-0.39, 0.29) is 18.1 Å². The number of ether oxygens (including phenoxy) is 1. The van der Waals surface area contributed by atoms with Gasteiger partial charge in [-0.3, -0.25) is 0 Å². The van der Waals surface area contributed by atoms with Crippen LogP contribution in [0.5, 0.6) is 0 Å². The Labute approximate surface area is 201 Å². The van der Waals surface area contributed by atoms with Gasteiger partial charge in [-0.15, -0.1) is 0 Å². The first-order chi connectivity index (χ1) is 16.5. The summed E-state index contributed by atoms with van der Waals surface area (Å²) in [5.74, 6) is 1.63. The Kier molecular flexibility index (Phi) is 6.85. The third-order valence-corrected chi connectivity index (χ3v) is 7.93. The van der Waals surface area contributed by atoms with Crippen molar-refractivity contribution < 1.29 is 13.2 Å². The molecular formula is C25H33N5O3S. The summed E-state index contributed by atoms with van der Waals surface area (Å²) >= 11 is 0. The number of pyridine rings is 1. The zero-order valence-electron chi connectivity index (χ0n) is 19.6. The van der Waals surface area contributed by atoms with E-state index in [1.807, 2.05) is 22.7 Å². The highest BCUT2D eigenvalue weighted by Gasteiger charge is 2.33. The Morgan fingerprint density at radius 2 is 1.82 bits per heavy atom. The van der Waals surface area contributed by atoms with Gasteiger partial charge in [0.15, 0.2) is 5.65 Å². The first kappa shape index (κ1) is 23.3. The van der Waals surface area contributed by atoms with Crippen molar-refractivity contribution >= 4 is 21.5 Å². The highest BCUT2D eigenvalue weighted by atomic mass is 32.2. The lowest BCUT2D eigenvalue weighted by Crippen LogP contribution is -2.53. The maximum absolute atomic E-state index is 12.0. The van der Waals surface area contributed by atoms with Crippen LogP contribution in [0.3, 0.4) is 0 Å². The lowest BCUT2D eigenvalue weighted by atomic mass is 9.82. The molecule has 1 N–H and O–H groups in total. The van der Waals surface area contributed by atoms with Crippen molar-refractivity contribution in [2.45, 2.75) is 50.2 Å². The van der Waals surface area contributed by atoms with Crippen LogP contribution < -0.4 is 9.62 Å². The van der Waals surface area contributed by atoms with Gasteiger partial charge >= 0.3 is 0 Å². The van der Waals surface area contributed by atoms with E-state index < -0.39 is 10.0 Å². The van der Waals surface area contributed by atoms with Gasteiger partial charge in [0.05, 0.1) is 19.0 Å². The number of hydrogen-bond donors (Lipinski definition) is 1. The third kappa shape index (κ3) is 5.42. The van der Waals surface area contributed by atoms with Crippen LogP contribution in [0.2, 0.25) is 0 Å². The standard InChI is InChI=1S/C25H33N5O3S/c1-34(31,32)28-23-14-15-29(25-9-5-8-24-26-18-27-30(24)25)16-21(23)17-33-22-12-10-20(11-13-22)19-6-3-2-4-7-19/h2-9,18,20-23,28H,10-17H2,1H3. The summed E-state index contributed by atoms with van der Waals surface area (Å²) in [5, 5.41) is 4.37. The topological polar surface area (TPSA) is 88.8 Å². The van der Waals surface area contributed by atoms with Gasteiger partial charge in [-0.05, 0) is 55.7 Å². The monoisotopic (exact) mass is 483 g/mol. The zero-order valence-corrected chi connectivity index (χ0v) is 20.4. The lowest BCUT2D eigenvalue weighted by Gasteiger charge is -2.40. The summed E-state index contributed by atoms with van der Waals surface area (Å²) in [6.07, 6.45) is 8.08. The van der Waals surface area contributed by atoms with E-state index in [0.29, 0.717) is 25.5 Å². The third-order valence-electron chi connectivity index (χ3n) is 7.20. The van der Waals surface area contributed by atoms with Crippen molar-refractivity contribution in [1.82, 2.24) is 19.3 Å². The van der Waals surface area contributed by atoms with E-state index in [1.54, 1.807) is 6.33 Å². The molecule has 0 spiro atoms. The molecule has 0 bridgehead atoms. The van der Waals surface area contributed by atoms with Crippen LogP contribution in [0.25, 0.3) is 5.65 Å². The summed E-state index contributed by atoms with van der Waals surface area (Å²) in [4.78, 5) is 6.56. The molecule has 2 aliphatic rings. The Bertz CT molecular complexity index is 1190. The van der Waals surface area contributed by atoms with Crippen LogP contribution in [0.4, 0.5) is 5.82 Å². The second kappa shape index (κ2) is 10.0.